The number of aryl methyl sites for hydroxylation is 1. The first-order chi connectivity index (χ1) is 14.7. The van der Waals surface area contributed by atoms with Gasteiger partial charge in [0, 0.05) is 50.0 Å². The summed E-state index contributed by atoms with van der Waals surface area (Å²) >= 11 is 0. The molecule has 0 fully saturated rings. The van der Waals surface area contributed by atoms with Crippen molar-refractivity contribution in [3.8, 4) is 22.8 Å². The van der Waals surface area contributed by atoms with Crippen LogP contribution >= 0.6 is 0 Å². The lowest BCUT2D eigenvalue weighted by molar-refractivity contribution is 0.171. The molecule has 1 N–H and O–H groups in total. The van der Waals surface area contributed by atoms with Crippen molar-refractivity contribution in [2.45, 2.75) is 25.6 Å². The number of nitrogens with one attached hydrogen (secondary N) is 1. The number of nitrogens with zero attached hydrogens (tertiary/aromatic N) is 3. The van der Waals surface area contributed by atoms with Crippen LogP contribution in [0.15, 0.2) is 48.7 Å². The number of likely N-dealkylation sites (N-methyl/N-ethyl adjacent to an activating group) is 1. The molecule has 1 unspecified atom stereocenters. The lowest BCUT2D eigenvalue weighted by Crippen LogP contribution is -2.44. The molecule has 1 aromatic heterocycles. The number of aromatic nitrogens is 2. The molecule has 0 radical (unpaired) electrons. The number of fused-ring (bicyclic) bond motifs is 2. The fourth-order valence-electron chi connectivity index (χ4n) is 4.42. The molecule has 1 atom stereocenters. The van der Waals surface area contributed by atoms with Gasteiger partial charge >= 0.3 is 0 Å². The molecule has 0 saturated heterocycles. The maximum atomic E-state index is 5.75. The molecule has 0 spiro atoms. The van der Waals surface area contributed by atoms with Crippen molar-refractivity contribution in [2.24, 2.45) is 7.05 Å². The second-order valence-electron chi connectivity index (χ2n) is 8.21. The molecule has 3 aromatic rings. The first-order valence-electron chi connectivity index (χ1n) is 10.6. The van der Waals surface area contributed by atoms with Crippen molar-refractivity contribution < 1.29 is 9.47 Å². The predicted molar refractivity (Wildman–Crippen MR) is 117 cm³/mol. The highest BCUT2D eigenvalue weighted by Crippen LogP contribution is 2.35. The maximum Gasteiger partial charge on any atom is 0.162 e. The Bertz CT molecular complexity index is 1050. The van der Waals surface area contributed by atoms with Gasteiger partial charge in [-0.25, -0.2) is 0 Å². The lowest BCUT2D eigenvalue weighted by atomic mass is 9.94. The van der Waals surface area contributed by atoms with Crippen LogP contribution in [0.4, 0.5) is 0 Å². The minimum Gasteiger partial charge on any atom is -0.486 e. The Morgan fingerprint density at radius 1 is 1.03 bits per heavy atom. The fourth-order valence-corrected chi connectivity index (χ4v) is 4.42. The van der Waals surface area contributed by atoms with E-state index in [1.807, 2.05) is 23.9 Å². The summed E-state index contributed by atoms with van der Waals surface area (Å²) in [5.41, 5.74) is 6.16. The minimum atomic E-state index is 0.495. The largest absolute Gasteiger partial charge is 0.486 e. The number of hydrogen-bond donors (Lipinski definition) is 1. The highest BCUT2D eigenvalue weighted by atomic mass is 16.6. The van der Waals surface area contributed by atoms with Crippen molar-refractivity contribution in [1.82, 2.24) is 20.0 Å². The van der Waals surface area contributed by atoms with Crippen LogP contribution in [-0.4, -0.2) is 47.5 Å². The van der Waals surface area contributed by atoms with Gasteiger partial charge in [-0.05, 0) is 42.8 Å². The fraction of sp³-hybridized carbons (Fsp3) is 0.375. The first kappa shape index (κ1) is 19.2. The van der Waals surface area contributed by atoms with Crippen LogP contribution < -0.4 is 14.8 Å². The number of benzene rings is 2. The Morgan fingerprint density at radius 3 is 2.70 bits per heavy atom. The van der Waals surface area contributed by atoms with Gasteiger partial charge in [0.25, 0.3) is 0 Å². The normalized spacial score (nSPS) is 18.3. The zero-order valence-corrected chi connectivity index (χ0v) is 17.6. The van der Waals surface area contributed by atoms with Crippen LogP contribution in [0.2, 0.25) is 0 Å². The van der Waals surface area contributed by atoms with Gasteiger partial charge in [0.2, 0.25) is 0 Å². The number of ether oxygens (including phenoxy) is 2. The van der Waals surface area contributed by atoms with Gasteiger partial charge in [-0.15, -0.1) is 0 Å². The van der Waals surface area contributed by atoms with Crippen molar-refractivity contribution >= 4 is 0 Å². The van der Waals surface area contributed by atoms with Crippen molar-refractivity contribution in [3.05, 3.63) is 65.4 Å². The van der Waals surface area contributed by atoms with Crippen molar-refractivity contribution in [1.29, 1.82) is 0 Å². The second-order valence-corrected chi connectivity index (χ2v) is 8.21. The van der Waals surface area contributed by atoms with Crippen LogP contribution in [0.3, 0.4) is 0 Å². The molecule has 3 heterocycles. The molecule has 5 rings (SSSR count). The summed E-state index contributed by atoms with van der Waals surface area (Å²) in [6.45, 7) is 3.93. The average molecular weight is 405 g/mol. The summed E-state index contributed by atoms with van der Waals surface area (Å²) in [4.78, 5) is 2.44. The highest BCUT2D eigenvalue weighted by Gasteiger charge is 2.23. The molecule has 0 bridgehead atoms. The van der Waals surface area contributed by atoms with Gasteiger partial charge in [-0.2, -0.15) is 5.10 Å². The van der Waals surface area contributed by atoms with E-state index >= 15 is 0 Å². The van der Waals surface area contributed by atoms with Gasteiger partial charge < -0.3 is 14.8 Å². The van der Waals surface area contributed by atoms with E-state index in [1.165, 1.54) is 16.7 Å². The Labute approximate surface area is 177 Å². The maximum absolute atomic E-state index is 5.75. The molecule has 0 aliphatic carbocycles. The predicted octanol–water partition coefficient (Wildman–Crippen LogP) is 3.00. The monoisotopic (exact) mass is 404 g/mol. The van der Waals surface area contributed by atoms with Crippen molar-refractivity contribution in [2.75, 3.05) is 26.8 Å². The average Bonchev–Trinajstić information content (AvgIpc) is 3.14. The summed E-state index contributed by atoms with van der Waals surface area (Å²) < 4.78 is 13.3. The smallest absolute Gasteiger partial charge is 0.162 e. The Morgan fingerprint density at radius 2 is 1.83 bits per heavy atom. The van der Waals surface area contributed by atoms with E-state index in [1.54, 1.807) is 0 Å². The van der Waals surface area contributed by atoms with Crippen LogP contribution in [0.1, 0.15) is 16.7 Å². The summed E-state index contributed by atoms with van der Waals surface area (Å²) in [6.07, 6.45) is 3.18. The van der Waals surface area contributed by atoms with Crippen LogP contribution in [0, 0.1) is 0 Å². The van der Waals surface area contributed by atoms with E-state index in [-0.39, 0.29) is 0 Å². The van der Waals surface area contributed by atoms with Crippen LogP contribution in [0.25, 0.3) is 11.3 Å². The molecule has 30 heavy (non-hydrogen) atoms. The van der Waals surface area contributed by atoms with Gasteiger partial charge in [0.15, 0.2) is 11.5 Å². The molecule has 2 aromatic carbocycles. The zero-order chi connectivity index (χ0) is 20.5. The van der Waals surface area contributed by atoms with E-state index in [4.69, 9.17) is 14.6 Å². The van der Waals surface area contributed by atoms with E-state index < -0.39 is 0 Å². The van der Waals surface area contributed by atoms with E-state index in [0.29, 0.717) is 19.3 Å². The Balaban J connectivity index is 1.28. The summed E-state index contributed by atoms with van der Waals surface area (Å²) in [5.74, 6) is 1.60. The third-order valence-electron chi connectivity index (χ3n) is 6.03. The summed E-state index contributed by atoms with van der Waals surface area (Å²) in [7, 11) is 4.18. The van der Waals surface area contributed by atoms with E-state index in [2.05, 4.69) is 53.8 Å². The van der Waals surface area contributed by atoms with Gasteiger partial charge in [-0.3, -0.25) is 9.58 Å². The molecule has 6 nitrogen and oxygen atoms in total. The molecular weight excluding hydrogens is 376 g/mol. The number of hydrogen-bond acceptors (Lipinski definition) is 5. The Kier molecular flexibility index (Phi) is 5.19. The standard InChI is InChI=1S/C24H28N4O2/c1-27-15-19-6-4-3-5-17(19)11-21(27)14-25-13-20-16-28(2)26-24(20)18-7-8-22-23(12-18)30-10-9-29-22/h3-8,12,16,21,25H,9-11,13-15H2,1-2H3. The third-order valence-corrected chi connectivity index (χ3v) is 6.03. The van der Waals surface area contributed by atoms with Crippen molar-refractivity contribution in [3.63, 3.8) is 0 Å². The highest BCUT2D eigenvalue weighted by molar-refractivity contribution is 5.66. The minimum absolute atomic E-state index is 0.495. The third kappa shape index (κ3) is 3.80. The first-order valence-corrected chi connectivity index (χ1v) is 10.6. The van der Waals surface area contributed by atoms with Gasteiger partial charge in [0.1, 0.15) is 13.2 Å². The number of rotatable bonds is 5. The summed E-state index contributed by atoms with van der Waals surface area (Å²) in [6, 6.07) is 15.3. The van der Waals surface area contributed by atoms with Crippen LogP contribution in [0.5, 0.6) is 11.5 Å². The molecule has 2 aliphatic heterocycles. The van der Waals surface area contributed by atoms with Gasteiger partial charge in [-0.1, -0.05) is 24.3 Å². The molecule has 2 aliphatic rings. The lowest BCUT2D eigenvalue weighted by Gasteiger charge is -2.34. The second kappa shape index (κ2) is 8.13. The van der Waals surface area contributed by atoms with E-state index in [9.17, 15) is 0 Å². The van der Waals surface area contributed by atoms with Gasteiger partial charge in [0.05, 0.1) is 5.69 Å². The molecule has 0 amide bonds. The zero-order valence-electron chi connectivity index (χ0n) is 17.6. The molecule has 156 valence electrons. The molecular formula is C24H28N4O2. The molecule has 0 saturated carbocycles. The molecule has 6 heteroatoms. The van der Waals surface area contributed by atoms with Crippen LogP contribution in [-0.2, 0) is 26.6 Å². The quantitative estimate of drug-likeness (QED) is 0.709. The topological polar surface area (TPSA) is 51.6 Å². The Hall–Kier alpha value is -2.83. The summed E-state index contributed by atoms with van der Waals surface area (Å²) in [5, 5.41) is 8.38. The van der Waals surface area contributed by atoms with E-state index in [0.717, 1.165) is 48.8 Å². The SMILES string of the molecule is CN1Cc2ccccc2CC1CNCc1cn(C)nc1-c1ccc2c(c1)OCCO2.